The summed E-state index contributed by atoms with van der Waals surface area (Å²) in [5, 5.41) is 25.1. The highest BCUT2D eigenvalue weighted by Crippen LogP contribution is 2.29. The van der Waals surface area contributed by atoms with Crippen molar-refractivity contribution in [3.8, 4) is 23.1 Å². The lowest BCUT2D eigenvalue weighted by Crippen LogP contribution is -2.04. The molecular weight excluding hydrogens is 402 g/mol. The van der Waals surface area contributed by atoms with Gasteiger partial charge >= 0.3 is 6.61 Å². The molecular formula is C19H12F2N4O3S. The molecule has 1 aromatic heterocycles. The quantitative estimate of drug-likeness (QED) is 0.320. The predicted molar refractivity (Wildman–Crippen MR) is 104 cm³/mol. The number of nitrogens with zero attached hydrogens (tertiary/aromatic N) is 3. The van der Waals surface area contributed by atoms with Gasteiger partial charge in [-0.25, -0.2) is 4.98 Å². The fourth-order valence-corrected chi connectivity index (χ4v) is 3.15. The molecule has 0 unspecified atom stereocenters. The zero-order valence-corrected chi connectivity index (χ0v) is 15.4. The van der Waals surface area contributed by atoms with Gasteiger partial charge in [0.2, 0.25) is 0 Å². The van der Waals surface area contributed by atoms with Gasteiger partial charge in [0.05, 0.1) is 16.3 Å². The van der Waals surface area contributed by atoms with Crippen LogP contribution in [0.4, 0.5) is 20.2 Å². The van der Waals surface area contributed by atoms with Gasteiger partial charge in [0, 0.05) is 29.3 Å². The van der Waals surface area contributed by atoms with Crippen LogP contribution in [0.15, 0.2) is 60.1 Å². The van der Waals surface area contributed by atoms with Crippen LogP contribution in [0.1, 0.15) is 5.01 Å². The Labute approximate surface area is 167 Å². The molecule has 0 aliphatic carbocycles. The molecule has 1 N–H and O–H groups in total. The number of aromatic nitrogens is 1. The molecule has 10 heteroatoms. The van der Waals surface area contributed by atoms with E-state index in [1.165, 1.54) is 41.8 Å². The fraction of sp³-hybridized carbons (Fsp3) is 0.0526. The number of hydrogen-bond acceptors (Lipinski definition) is 7. The molecule has 0 amide bonds. The Morgan fingerprint density at radius 2 is 2.00 bits per heavy atom. The van der Waals surface area contributed by atoms with Gasteiger partial charge in [-0.05, 0) is 24.3 Å². The Morgan fingerprint density at radius 3 is 2.66 bits per heavy atom. The van der Waals surface area contributed by atoms with Crippen LogP contribution in [0.2, 0.25) is 0 Å². The summed E-state index contributed by atoms with van der Waals surface area (Å²) in [4.78, 5) is 14.6. The van der Waals surface area contributed by atoms with Crippen molar-refractivity contribution in [3.63, 3.8) is 0 Å². The number of nitro benzene ring substituents is 1. The first-order valence-corrected chi connectivity index (χ1v) is 8.97. The summed E-state index contributed by atoms with van der Waals surface area (Å²) < 4.78 is 29.4. The Bertz CT molecular complexity index is 1090. The van der Waals surface area contributed by atoms with Gasteiger partial charge in [-0.2, -0.15) is 14.0 Å². The summed E-state index contributed by atoms with van der Waals surface area (Å²) in [5.41, 5.74) is 1.65. The first kappa shape index (κ1) is 19.9. The average molecular weight is 414 g/mol. The number of nitro groups is 1. The van der Waals surface area contributed by atoms with E-state index >= 15 is 0 Å². The number of nitriles is 1. The predicted octanol–water partition coefficient (Wildman–Crippen LogP) is 5.30. The molecule has 0 fully saturated rings. The Balaban J connectivity index is 1.81. The van der Waals surface area contributed by atoms with Gasteiger partial charge in [-0.15, -0.1) is 11.3 Å². The van der Waals surface area contributed by atoms with E-state index < -0.39 is 11.5 Å². The van der Waals surface area contributed by atoms with Crippen molar-refractivity contribution >= 4 is 28.3 Å². The van der Waals surface area contributed by atoms with Crippen LogP contribution in [0.3, 0.4) is 0 Å². The highest BCUT2D eigenvalue weighted by atomic mass is 32.1. The highest BCUT2D eigenvalue weighted by Gasteiger charge is 2.12. The number of rotatable bonds is 7. The molecule has 0 atom stereocenters. The minimum absolute atomic E-state index is 0.0318. The van der Waals surface area contributed by atoms with Crippen LogP contribution >= 0.6 is 11.3 Å². The van der Waals surface area contributed by atoms with E-state index in [2.05, 4.69) is 15.0 Å². The Hall–Kier alpha value is -3.84. The Morgan fingerprint density at radius 1 is 1.28 bits per heavy atom. The lowest BCUT2D eigenvalue weighted by Gasteiger charge is -2.10. The normalized spacial score (nSPS) is 11.2. The van der Waals surface area contributed by atoms with Crippen LogP contribution in [0.5, 0.6) is 5.75 Å². The molecule has 0 saturated carbocycles. The van der Waals surface area contributed by atoms with E-state index in [0.29, 0.717) is 16.3 Å². The van der Waals surface area contributed by atoms with Crippen molar-refractivity contribution in [1.29, 1.82) is 5.26 Å². The lowest BCUT2D eigenvalue weighted by atomic mass is 10.1. The molecule has 146 valence electrons. The maximum absolute atomic E-state index is 12.5. The molecule has 1 heterocycles. The minimum atomic E-state index is -2.97. The molecule has 7 nitrogen and oxygen atoms in total. The number of para-hydroxylation sites is 2. The SMILES string of the molecule is N#CC(=CNc1ccccc1OC(F)F)c1nc(-c2ccc([N+](=O)[O-])cc2)cs1. The standard InChI is InChI=1S/C19H12F2N4O3S/c20-19(21)28-17-4-2-1-3-15(17)23-10-13(9-22)18-24-16(11-29-18)12-5-7-14(8-6-12)25(26)27/h1-8,10-11,19,23H. The second-order valence-electron chi connectivity index (χ2n) is 5.53. The van der Waals surface area contributed by atoms with Gasteiger partial charge in [0.25, 0.3) is 5.69 Å². The molecule has 3 aromatic rings. The van der Waals surface area contributed by atoms with Gasteiger partial charge < -0.3 is 10.1 Å². The summed E-state index contributed by atoms with van der Waals surface area (Å²) in [7, 11) is 0. The number of benzene rings is 2. The summed E-state index contributed by atoms with van der Waals surface area (Å²) >= 11 is 1.21. The number of allylic oxidation sites excluding steroid dienone is 1. The Kier molecular flexibility index (Phi) is 6.11. The van der Waals surface area contributed by atoms with Crippen LogP contribution in [0, 0.1) is 21.4 Å². The minimum Gasteiger partial charge on any atom is -0.433 e. The van der Waals surface area contributed by atoms with Gasteiger partial charge in [-0.1, -0.05) is 12.1 Å². The van der Waals surface area contributed by atoms with E-state index in [1.54, 1.807) is 29.6 Å². The molecule has 29 heavy (non-hydrogen) atoms. The number of thiazole rings is 1. The number of halogens is 2. The zero-order chi connectivity index (χ0) is 20.8. The van der Waals surface area contributed by atoms with Crippen molar-refractivity contribution in [2.75, 3.05) is 5.32 Å². The van der Waals surface area contributed by atoms with E-state index in [9.17, 15) is 24.2 Å². The fourth-order valence-electron chi connectivity index (χ4n) is 2.36. The van der Waals surface area contributed by atoms with Crippen LogP contribution < -0.4 is 10.1 Å². The number of nitrogens with one attached hydrogen (secondary N) is 1. The van der Waals surface area contributed by atoms with Crippen molar-refractivity contribution in [1.82, 2.24) is 4.98 Å². The van der Waals surface area contributed by atoms with Crippen LogP contribution in [-0.2, 0) is 0 Å². The highest BCUT2D eigenvalue weighted by molar-refractivity contribution is 7.11. The van der Waals surface area contributed by atoms with Crippen molar-refractivity contribution in [2.24, 2.45) is 0 Å². The number of anilines is 1. The third kappa shape index (κ3) is 4.91. The van der Waals surface area contributed by atoms with E-state index in [1.807, 2.05) is 6.07 Å². The van der Waals surface area contributed by atoms with Crippen molar-refractivity contribution < 1.29 is 18.4 Å². The van der Waals surface area contributed by atoms with Gasteiger partial charge in [0.1, 0.15) is 22.4 Å². The first-order valence-electron chi connectivity index (χ1n) is 8.09. The van der Waals surface area contributed by atoms with Crippen LogP contribution in [-0.4, -0.2) is 16.5 Å². The second kappa shape index (κ2) is 8.90. The largest absolute Gasteiger partial charge is 0.433 e. The van der Waals surface area contributed by atoms with Crippen LogP contribution in [0.25, 0.3) is 16.8 Å². The second-order valence-corrected chi connectivity index (χ2v) is 6.39. The summed E-state index contributed by atoms with van der Waals surface area (Å²) in [5.74, 6) is -0.0539. The molecule has 0 bridgehead atoms. The lowest BCUT2D eigenvalue weighted by molar-refractivity contribution is -0.384. The zero-order valence-electron chi connectivity index (χ0n) is 14.6. The van der Waals surface area contributed by atoms with Gasteiger partial charge in [0.15, 0.2) is 0 Å². The van der Waals surface area contributed by atoms with E-state index in [0.717, 1.165) is 0 Å². The third-order valence-electron chi connectivity index (χ3n) is 3.70. The molecule has 0 aliphatic rings. The summed E-state index contributed by atoms with van der Waals surface area (Å²) in [6, 6.07) is 14.0. The molecule has 0 spiro atoms. The summed E-state index contributed by atoms with van der Waals surface area (Å²) in [6.45, 7) is -2.97. The maximum atomic E-state index is 12.5. The molecule has 0 radical (unpaired) electrons. The topological polar surface area (TPSA) is 101 Å². The van der Waals surface area contributed by atoms with E-state index in [4.69, 9.17) is 0 Å². The van der Waals surface area contributed by atoms with Gasteiger partial charge in [-0.3, -0.25) is 10.1 Å². The van der Waals surface area contributed by atoms with Crippen molar-refractivity contribution in [3.05, 3.63) is 75.2 Å². The third-order valence-corrected chi connectivity index (χ3v) is 4.58. The molecule has 3 rings (SSSR count). The van der Waals surface area contributed by atoms with Crippen molar-refractivity contribution in [2.45, 2.75) is 6.61 Å². The average Bonchev–Trinajstić information content (AvgIpc) is 3.19. The first-order chi connectivity index (χ1) is 14.0. The van der Waals surface area contributed by atoms with E-state index in [-0.39, 0.29) is 22.7 Å². The summed E-state index contributed by atoms with van der Waals surface area (Å²) in [6.07, 6.45) is 1.35. The number of alkyl halides is 2. The molecule has 0 aliphatic heterocycles. The molecule has 0 saturated heterocycles. The maximum Gasteiger partial charge on any atom is 0.387 e. The number of hydrogen-bond donors (Lipinski definition) is 1. The number of non-ortho nitro benzene ring substituents is 1. The number of ether oxygens (including phenoxy) is 1. The molecule has 2 aromatic carbocycles. The smallest absolute Gasteiger partial charge is 0.387 e. The monoisotopic (exact) mass is 414 g/mol.